The Kier molecular flexibility index (Phi) is 5.91. The highest BCUT2D eigenvalue weighted by atomic mass is 19.1. The van der Waals surface area contributed by atoms with Gasteiger partial charge in [-0.2, -0.15) is 0 Å². The van der Waals surface area contributed by atoms with E-state index in [1.54, 1.807) is 11.0 Å². The zero-order valence-electron chi connectivity index (χ0n) is 16.9. The van der Waals surface area contributed by atoms with E-state index >= 15 is 0 Å². The van der Waals surface area contributed by atoms with Crippen molar-refractivity contribution in [3.8, 4) is 5.75 Å². The molecule has 1 aromatic carbocycles. The largest absolute Gasteiger partial charge is 0.490 e. The molecule has 8 heteroatoms. The molecule has 1 aliphatic rings. The number of rotatable bonds is 4. The first-order valence-electron chi connectivity index (χ1n) is 9.68. The number of ether oxygens (including phenoxy) is 1. The Labute approximate surface area is 168 Å². The Morgan fingerprint density at radius 3 is 2.52 bits per heavy atom. The first-order valence-corrected chi connectivity index (χ1v) is 9.68. The van der Waals surface area contributed by atoms with E-state index in [0.29, 0.717) is 31.7 Å². The molecule has 0 spiro atoms. The van der Waals surface area contributed by atoms with Crippen molar-refractivity contribution < 1.29 is 13.9 Å². The van der Waals surface area contributed by atoms with Gasteiger partial charge in [0.05, 0.1) is 0 Å². The molecule has 0 radical (unpaired) electrons. The van der Waals surface area contributed by atoms with E-state index in [2.05, 4.69) is 4.98 Å². The first-order chi connectivity index (χ1) is 13.6. The molecule has 1 N–H and O–H groups in total. The molecule has 156 valence electrons. The lowest BCUT2D eigenvalue weighted by Crippen LogP contribution is -2.46. The Bertz CT molecular complexity index is 970. The molecule has 0 saturated carbocycles. The highest BCUT2D eigenvalue weighted by Gasteiger charge is 2.27. The average Bonchev–Trinajstić information content (AvgIpc) is 2.66. The summed E-state index contributed by atoms with van der Waals surface area (Å²) in [6.07, 6.45) is 2.41. The number of carbonyl (C=O) groups excluding carboxylic acids is 1. The lowest BCUT2D eigenvalue weighted by atomic mass is 9.86. The molecule has 0 aliphatic carbocycles. The van der Waals surface area contributed by atoms with E-state index in [1.165, 1.54) is 24.4 Å². The number of hydrogen-bond acceptors (Lipinski definition) is 4. The second-order valence-corrected chi connectivity index (χ2v) is 8.30. The van der Waals surface area contributed by atoms with Crippen molar-refractivity contribution >= 4 is 5.91 Å². The fraction of sp³-hybridized carbons (Fsp3) is 0.476. The molecular formula is C21H26FN3O4. The van der Waals surface area contributed by atoms with Gasteiger partial charge in [0, 0.05) is 43.8 Å². The second kappa shape index (κ2) is 8.23. The molecule has 0 bridgehead atoms. The molecule has 2 aromatic rings. The van der Waals surface area contributed by atoms with E-state index < -0.39 is 11.2 Å². The van der Waals surface area contributed by atoms with Crippen molar-refractivity contribution in [2.75, 3.05) is 13.1 Å². The van der Waals surface area contributed by atoms with Gasteiger partial charge in [-0.05, 0) is 23.6 Å². The Balaban J connectivity index is 1.62. The van der Waals surface area contributed by atoms with Gasteiger partial charge < -0.3 is 14.6 Å². The smallest absolute Gasteiger partial charge is 0.328 e. The minimum Gasteiger partial charge on any atom is -0.490 e. The van der Waals surface area contributed by atoms with Crippen LogP contribution in [0, 0.1) is 5.82 Å². The molecule has 3 rings (SSSR count). The molecule has 0 atom stereocenters. The third-order valence-corrected chi connectivity index (χ3v) is 5.08. The van der Waals surface area contributed by atoms with Crippen LogP contribution in [0.3, 0.4) is 0 Å². The summed E-state index contributed by atoms with van der Waals surface area (Å²) in [6.45, 7) is 6.66. The molecule has 1 aliphatic heterocycles. The molecule has 7 nitrogen and oxygen atoms in total. The zero-order valence-corrected chi connectivity index (χ0v) is 16.9. The quantitative estimate of drug-likeness (QED) is 0.847. The van der Waals surface area contributed by atoms with Crippen molar-refractivity contribution in [1.29, 1.82) is 0 Å². The van der Waals surface area contributed by atoms with Gasteiger partial charge in [0.1, 0.15) is 24.2 Å². The Morgan fingerprint density at radius 1 is 1.21 bits per heavy atom. The molecular weight excluding hydrogens is 377 g/mol. The normalized spacial score (nSPS) is 15.4. The summed E-state index contributed by atoms with van der Waals surface area (Å²) in [4.78, 5) is 40.0. The second-order valence-electron chi connectivity index (χ2n) is 8.30. The highest BCUT2D eigenvalue weighted by Crippen LogP contribution is 2.33. The van der Waals surface area contributed by atoms with E-state index in [4.69, 9.17) is 4.74 Å². The highest BCUT2D eigenvalue weighted by molar-refractivity contribution is 5.76. The molecule has 0 unspecified atom stereocenters. The maximum absolute atomic E-state index is 13.7. The third-order valence-electron chi connectivity index (χ3n) is 5.08. The maximum Gasteiger partial charge on any atom is 0.328 e. The number of nitrogens with one attached hydrogen (secondary N) is 1. The summed E-state index contributed by atoms with van der Waals surface area (Å²) in [5.41, 5.74) is -0.565. The van der Waals surface area contributed by atoms with Crippen molar-refractivity contribution in [2.45, 2.75) is 51.7 Å². The van der Waals surface area contributed by atoms with Crippen LogP contribution in [-0.4, -0.2) is 39.6 Å². The van der Waals surface area contributed by atoms with Crippen molar-refractivity contribution in [3.63, 3.8) is 0 Å². The molecule has 29 heavy (non-hydrogen) atoms. The Hall–Kier alpha value is -2.90. The van der Waals surface area contributed by atoms with Gasteiger partial charge >= 0.3 is 5.69 Å². The summed E-state index contributed by atoms with van der Waals surface area (Å²) >= 11 is 0. The summed E-state index contributed by atoms with van der Waals surface area (Å²) < 4.78 is 20.7. The lowest BCUT2D eigenvalue weighted by molar-refractivity contribution is -0.133. The number of likely N-dealkylation sites (tertiary alicyclic amines) is 1. The van der Waals surface area contributed by atoms with Crippen LogP contribution >= 0.6 is 0 Å². The SMILES string of the molecule is CC(C)(C)c1cc(F)ccc1OC1CCN(C(=O)Cn2c(=O)cc[nH]c2=O)CC1. The number of aromatic amines is 1. The number of amides is 1. The number of halogens is 1. The predicted octanol–water partition coefficient (Wildman–Crippen LogP) is 2.04. The third kappa shape index (κ3) is 4.93. The van der Waals surface area contributed by atoms with Gasteiger partial charge in [-0.1, -0.05) is 20.8 Å². The van der Waals surface area contributed by atoms with Gasteiger partial charge in [0.15, 0.2) is 0 Å². The van der Waals surface area contributed by atoms with E-state index in [9.17, 15) is 18.8 Å². The van der Waals surface area contributed by atoms with Gasteiger partial charge in [0.25, 0.3) is 5.56 Å². The first kappa shape index (κ1) is 20.8. The topological polar surface area (TPSA) is 84.4 Å². The van der Waals surface area contributed by atoms with Gasteiger partial charge in [-0.25, -0.2) is 9.18 Å². The minimum atomic E-state index is -0.602. The fourth-order valence-electron chi connectivity index (χ4n) is 3.43. The van der Waals surface area contributed by atoms with Gasteiger partial charge in [0.2, 0.25) is 5.91 Å². The Morgan fingerprint density at radius 2 is 1.90 bits per heavy atom. The van der Waals surface area contributed by atoms with E-state index in [-0.39, 0.29) is 29.8 Å². The maximum atomic E-state index is 13.7. The van der Waals surface area contributed by atoms with E-state index in [0.717, 1.165) is 10.1 Å². The average molecular weight is 403 g/mol. The summed E-state index contributed by atoms with van der Waals surface area (Å²) in [6, 6.07) is 5.76. The van der Waals surface area contributed by atoms with Crippen LogP contribution < -0.4 is 16.0 Å². The number of aromatic nitrogens is 2. The van der Waals surface area contributed by atoms with Crippen LogP contribution in [0.25, 0.3) is 0 Å². The molecule has 1 fully saturated rings. The number of benzene rings is 1. The number of nitrogens with zero attached hydrogens (tertiary/aromatic N) is 2. The monoisotopic (exact) mass is 403 g/mol. The summed E-state index contributed by atoms with van der Waals surface area (Å²) in [5.74, 6) is 0.0827. The number of piperidine rings is 1. The molecule has 2 heterocycles. The number of hydrogen-bond donors (Lipinski definition) is 1. The van der Waals surface area contributed by atoms with Crippen molar-refractivity contribution in [3.05, 3.63) is 62.7 Å². The van der Waals surface area contributed by atoms with Crippen LogP contribution in [-0.2, 0) is 16.8 Å². The van der Waals surface area contributed by atoms with Crippen LogP contribution in [0.15, 0.2) is 40.1 Å². The zero-order chi connectivity index (χ0) is 21.2. The molecule has 1 saturated heterocycles. The van der Waals surface area contributed by atoms with Crippen molar-refractivity contribution in [2.24, 2.45) is 0 Å². The van der Waals surface area contributed by atoms with Crippen molar-refractivity contribution in [1.82, 2.24) is 14.5 Å². The molecule has 1 aromatic heterocycles. The number of carbonyl (C=O) groups is 1. The standard InChI is InChI=1S/C21H26FN3O4/c1-21(2,3)16-12-14(22)4-5-17(16)29-15-7-10-24(11-8-15)19(27)13-25-18(26)6-9-23-20(25)28/h4-6,9,12,15H,7-8,10-11,13H2,1-3H3,(H,23,28). The summed E-state index contributed by atoms with van der Waals surface area (Å²) in [5, 5.41) is 0. The van der Waals surface area contributed by atoms with Gasteiger partial charge in [-0.15, -0.1) is 0 Å². The van der Waals surface area contributed by atoms with Crippen LogP contribution in [0.4, 0.5) is 4.39 Å². The van der Waals surface area contributed by atoms with Crippen LogP contribution in [0.2, 0.25) is 0 Å². The van der Waals surface area contributed by atoms with Gasteiger partial charge in [-0.3, -0.25) is 14.2 Å². The van der Waals surface area contributed by atoms with Crippen LogP contribution in [0.5, 0.6) is 5.75 Å². The fourth-order valence-corrected chi connectivity index (χ4v) is 3.43. The minimum absolute atomic E-state index is 0.0894. The predicted molar refractivity (Wildman–Crippen MR) is 107 cm³/mol. The number of H-pyrrole nitrogens is 1. The molecule has 1 amide bonds. The van der Waals surface area contributed by atoms with Crippen LogP contribution in [0.1, 0.15) is 39.2 Å². The lowest BCUT2D eigenvalue weighted by Gasteiger charge is -2.33. The van der Waals surface area contributed by atoms with E-state index in [1.807, 2.05) is 20.8 Å². The summed E-state index contributed by atoms with van der Waals surface area (Å²) in [7, 11) is 0.